The van der Waals surface area contributed by atoms with Gasteiger partial charge in [-0.2, -0.15) is 5.01 Å². The van der Waals surface area contributed by atoms with Crippen molar-refractivity contribution in [3.05, 3.63) is 103 Å². The van der Waals surface area contributed by atoms with E-state index < -0.39 is 16.7 Å². The number of nitro groups is 1. The first-order chi connectivity index (χ1) is 18.2. The molecule has 0 aromatic heterocycles. The molecule has 0 radical (unpaired) electrons. The summed E-state index contributed by atoms with van der Waals surface area (Å²) in [6.07, 6.45) is 1.62. The first kappa shape index (κ1) is 27.1. The number of methoxy groups -OCH3 is 1. The number of nitro benzene ring substituents is 1. The van der Waals surface area contributed by atoms with Gasteiger partial charge >= 0.3 is 0 Å². The molecule has 1 fully saturated rings. The van der Waals surface area contributed by atoms with Gasteiger partial charge in [-0.25, -0.2) is 0 Å². The van der Waals surface area contributed by atoms with Crippen LogP contribution in [0.4, 0.5) is 5.69 Å². The molecule has 1 heterocycles. The Morgan fingerprint density at radius 3 is 2.68 bits per heavy atom. The summed E-state index contributed by atoms with van der Waals surface area (Å²) in [5, 5.41) is 12.3. The molecule has 9 nitrogen and oxygen atoms in total. The lowest BCUT2D eigenvalue weighted by atomic mass is 10.1. The number of ether oxygens (including phenoxy) is 2. The van der Waals surface area contributed by atoms with Crippen molar-refractivity contribution >= 4 is 63.5 Å². The summed E-state index contributed by atoms with van der Waals surface area (Å²) in [6, 6.07) is 16.2. The molecule has 0 saturated carbocycles. The second-order valence-electron chi connectivity index (χ2n) is 8.07. The van der Waals surface area contributed by atoms with Gasteiger partial charge in [0.25, 0.3) is 17.5 Å². The number of hydrogen-bond donors (Lipinski definition) is 1. The zero-order chi connectivity index (χ0) is 27.4. The van der Waals surface area contributed by atoms with Gasteiger partial charge in [-0.15, -0.1) is 0 Å². The topological polar surface area (TPSA) is 111 Å². The molecule has 1 aliphatic heterocycles. The number of thioether (sulfide) groups is 1. The van der Waals surface area contributed by atoms with E-state index in [2.05, 4.69) is 5.43 Å². The first-order valence-corrected chi connectivity index (χ1v) is 12.7. The molecule has 38 heavy (non-hydrogen) atoms. The number of thiocarbonyl (C=S) groups is 1. The molecule has 0 atom stereocenters. The van der Waals surface area contributed by atoms with Crippen molar-refractivity contribution in [1.82, 2.24) is 10.4 Å². The Balaban J connectivity index is 1.47. The van der Waals surface area contributed by atoms with Crippen LogP contribution in [-0.2, 0) is 11.4 Å². The first-order valence-electron chi connectivity index (χ1n) is 11.1. The van der Waals surface area contributed by atoms with E-state index in [1.807, 2.05) is 6.92 Å². The Morgan fingerprint density at radius 1 is 1.18 bits per heavy atom. The van der Waals surface area contributed by atoms with E-state index in [-0.39, 0.29) is 27.2 Å². The summed E-state index contributed by atoms with van der Waals surface area (Å²) in [5.74, 6) is -0.214. The van der Waals surface area contributed by atoms with E-state index in [4.69, 9.17) is 33.3 Å². The Morgan fingerprint density at radius 2 is 1.97 bits per heavy atom. The minimum Gasteiger partial charge on any atom is -0.493 e. The average Bonchev–Trinajstić information content (AvgIpc) is 3.15. The maximum atomic E-state index is 13.0. The summed E-state index contributed by atoms with van der Waals surface area (Å²) in [4.78, 5) is 36.5. The number of non-ortho nitro benzene ring substituents is 1. The number of benzene rings is 3. The normalized spacial score (nSPS) is 14.1. The predicted molar refractivity (Wildman–Crippen MR) is 149 cm³/mol. The van der Waals surface area contributed by atoms with Crippen LogP contribution in [0.1, 0.15) is 27.0 Å². The molecule has 4 rings (SSSR count). The molecule has 3 aromatic rings. The highest BCUT2D eigenvalue weighted by Crippen LogP contribution is 2.34. The largest absolute Gasteiger partial charge is 0.493 e. The van der Waals surface area contributed by atoms with Crippen LogP contribution in [0.5, 0.6) is 11.5 Å². The zero-order valence-corrected chi connectivity index (χ0v) is 22.5. The SMILES string of the molecule is COc1cc(/C=C2/SC(=S)N(NC(=O)c3ccc(C)cc3Cl)C2=O)ccc1OCc1cccc([N+](=O)[O-])c1. The van der Waals surface area contributed by atoms with Crippen LogP contribution in [0.2, 0.25) is 5.02 Å². The quantitative estimate of drug-likeness (QED) is 0.159. The van der Waals surface area contributed by atoms with Gasteiger partial charge in [0.15, 0.2) is 15.8 Å². The van der Waals surface area contributed by atoms with Gasteiger partial charge in [-0.3, -0.25) is 25.1 Å². The predicted octanol–water partition coefficient (Wildman–Crippen LogP) is 5.69. The van der Waals surface area contributed by atoms with E-state index in [0.29, 0.717) is 27.5 Å². The molecule has 0 unspecified atom stereocenters. The Labute approximate surface area is 232 Å². The zero-order valence-electron chi connectivity index (χ0n) is 20.1. The average molecular weight is 570 g/mol. The molecule has 3 aromatic carbocycles. The lowest BCUT2D eigenvalue weighted by Gasteiger charge is -2.16. The number of carbonyl (C=O) groups is 2. The number of amides is 2. The molecule has 1 N–H and O–H groups in total. The van der Waals surface area contributed by atoms with Crippen molar-refractivity contribution in [3.8, 4) is 11.5 Å². The molecule has 2 amide bonds. The van der Waals surface area contributed by atoms with Crippen LogP contribution in [0.3, 0.4) is 0 Å². The molecular weight excluding hydrogens is 550 g/mol. The Hall–Kier alpha value is -3.93. The van der Waals surface area contributed by atoms with Gasteiger partial charge in [-0.1, -0.05) is 47.6 Å². The van der Waals surface area contributed by atoms with Gasteiger partial charge < -0.3 is 9.47 Å². The Kier molecular flexibility index (Phi) is 8.30. The molecule has 1 saturated heterocycles. The van der Waals surface area contributed by atoms with Crippen LogP contribution in [0.25, 0.3) is 6.08 Å². The summed E-state index contributed by atoms with van der Waals surface area (Å²) in [7, 11) is 1.48. The third-order valence-electron chi connectivity index (χ3n) is 5.38. The van der Waals surface area contributed by atoms with Crippen LogP contribution in [0, 0.1) is 17.0 Å². The number of halogens is 1. The fraction of sp³-hybridized carbons (Fsp3) is 0.115. The van der Waals surface area contributed by atoms with Crippen LogP contribution in [0.15, 0.2) is 65.6 Å². The second-order valence-corrected chi connectivity index (χ2v) is 10.2. The maximum Gasteiger partial charge on any atom is 0.285 e. The fourth-order valence-corrected chi connectivity index (χ4v) is 5.00. The number of aryl methyl sites for hydroxylation is 1. The standard InChI is InChI=1S/C26H20ClN3O6S2/c1-15-6-8-19(20(27)10-15)24(31)28-29-25(32)23(38-26(29)37)13-16-7-9-21(22(12-16)35-2)36-14-17-4-3-5-18(11-17)30(33)34/h3-13H,14H2,1-2H3,(H,28,31)/b23-13+. The van der Waals surface area contributed by atoms with Crippen LogP contribution >= 0.6 is 35.6 Å². The number of hydrogen-bond acceptors (Lipinski definition) is 8. The summed E-state index contributed by atoms with van der Waals surface area (Å²) >= 11 is 12.5. The third kappa shape index (κ3) is 6.13. The van der Waals surface area contributed by atoms with E-state index in [0.717, 1.165) is 22.3 Å². The highest BCUT2D eigenvalue weighted by Gasteiger charge is 2.34. The Bertz CT molecular complexity index is 1490. The van der Waals surface area contributed by atoms with E-state index in [1.54, 1.807) is 54.6 Å². The summed E-state index contributed by atoms with van der Waals surface area (Å²) < 4.78 is 11.4. The summed E-state index contributed by atoms with van der Waals surface area (Å²) in [5.41, 5.74) is 4.88. The van der Waals surface area contributed by atoms with Crippen LogP contribution < -0.4 is 14.9 Å². The van der Waals surface area contributed by atoms with Crippen molar-refractivity contribution in [2.75, 3.05) is 7.11 Å². The van der Waals surface area contributed by atoms with Gasteiger partial charge in [0.1, 0.15) is 6.61 Å². The van der Waals surface area contributed by atoms with Crippen LogP contribution in [-0.4, -0.2) is 33.2 Å². The highest BCUT2D eigenvalue weighted by molar-refractivity contribution is 8.26. The highest BCUT2D eigenvalue weighted by atomic mass is 35.5. The number of nitrogens with one attached hydrogen (secondary N) is 1. The minimum atomic E-state index is -0.556. The van der Waals surface area contributed by atoms with Crippen molar-refractivity contribution in [2.45, 2.75) is 13.5 Å². The van der Waals surface area contributed by atoms with Crippen molar-refractivity contribution in [2.24, 2.45) is 0 Å². The summed E-state index contributed by atoms with van der Waals surface area (Å²) in [6.45, 7) is 1.95. The molecule has 0 aliphatic carbocycles. The fourth-order valence-electron chi connectivity index (χ4n) is 3.50. The van der Waals surface area contributed by atoms with Gasteiger partial charge in [0, 0.05) is 12.1 Å². The molecule has 0 spiro atoms. The molecular formula is C26H20ClN3O6S2. The molecule has 1 aliphatic rings. The smallest absolute Gasteiger partial charge is 0.285 e. The minimum absolute atomic E-state index is 0.0242. The van der Waals surface area contributed by atoms with E-state index in [1.165, 1.54) is 19.2 Å². The number of nitrogens with zero attached hydrogens (tertiary/aromatic N) is 2. The number of hydrazine groups is 1. The van der Waals surface area contributed by atoms with Crippen molar-refractivity contribution < 1.29 is 24.0 Å². The van der Waals surface area contributed by atoms with Gasteiger partial charge in [-0.05, 0) is 66.2 Å². The molecule has 0 bridgehead atoms. The number of rotatable bonds is 8. The maximum absolute atomic E-state index is 13.0. The van der Waals surface area contributed by atoms with E-state index in [9.17, 15) is 19.7 Å². The third-order valence-corrected chi connectivity index (χ3v) is 6.99. The second kappa shape index (κ2) is 11.6. The lowest BCUT2D eigenvalue weighted by Crippen LogP contribution is -2.44. The monoisotopic (exact) mass is 569 g/mol. The lowest BCUT2D eigenvalue weighted by molar-refractivity contribution is -0.384. The molecule has 12 heteroatoms. The van der Waals surface area contributed by atoms with Gasteiger partial charge in [0.2, 0.25) is 0 Å². The van der Waals surface area contributed by atoms with Crippen molar-refractivity contribution in [3.63, 3.8) is 0 Å². The number of carbonyl (C=O) groups excluding carboxylic acids is 2. The van der Waals surface area contributed by atoms with Gasteiger partial charge in [0.05, 0.1) is 27.5 Å². The van der Waals surface area contributed by atoms with E-state index >= 15 is 0 Å². The molecule has 194 valence electrons. The van der Waals surface area contributed by atoms with Crippen molar-refractivity contribution in [1.29, 1.82) is 0 Å².